The summed E-state index contributed by atoms with van der Waals surface area (Å²) in [6, 6.07) is 11.6. The van der Waals surface area contributed by atoms with Gasteiger partial charge in [-0.05, 0) is 37.5 Å². The van der Waals surface area contributed by atoms with Gasteiger partial charge in [0, 0.05) is 52.4 Å². The maximum Gasteiger partial charge on any atom is 0.354 e. The largest absolute Gasteiger partial charge is 0.477 e. The Kier molecular flexibility index (Phi) is 6.28. The number of piperazine rings is 1. The molecule has 0 radical (unpaired) electrons. The molecular weight excluding hydrogens is 418 g/mol. The standard InChI is InChI=1S/C25H31N5O3/c1-33-16-6-11-28-12-14-29(15-13-28)21-17-20(25(31)32)26-24-22(21)23(18-7-5-8-18)27-30(24)19-9-3-2-4-10-19/h2-4,9-10,17-18H,5-8,11-16H2,1H3,(H,31,32). The normalized spacial score (nSPS) is 17.4. The number of para-hydroxylation sites is 1. The predicted octanol–water partition coefficient (Wildman–Crippen LogP) is 3.54. The Labute approximate surface area is 193 Å². The van der Waals surface area contributed by atoms with Gasteiger partial charge in [0.2, 0.25) is 0 Å². The van der Waals surface area contributed by atoms with Gasteiger partial charge >= 0.3 is 5.97 Å². The molecule has 3 aromatic rings. The van der Waals surface area contributed by atoms with E-state index in [0.29, 0.717) is 11.6 Å². The minimum absolute atomic E-state index is 0.0669. The van der Waals surface area contributed by atoms with Gasteiger partial charge in [0.15, 0.2) is 11.3 Å². The van der Waals surface area contributed by atoms with Crippen LogP contribution in [0.4, 0.5) is 5.69 Å². The number of benzene rings is 1. The van der Waals surface area contributed by atoms with E-state index in [-0.39, 0.29) is 5.69 Å². The predicted molar refractivity (Wildman–Crippen MR) is 128 cm³/mol. The lowest BCUT2D eigenvalue weighted by molar-refractivity contribution is 0.0691. The van der Waals surface area contributed by atoms with Crippen LogP contribution in [0, 0.1) is 0 Å². The molecule has 1 N–H and O–H groups in total. The van der Waals surface area contributed by atoms with Crippen LogP contribution in [0.25, 0.3) is 16.7 Å². The maximum atomic E-state index is 12.0. The van der Waals surface area contributed by atoms with Crippen molar-refractivity contribution in [2.45, 2.75) is 31.6 Å². The highest BCUT2D eigenvalue weighted by Crippen LogP contribution is 2.42. The van der Waals surface area contributed by atoms with Crippen LogP contribution in [0.3, 0.4) is 0 Å². The number of aromatic nitrogens is 3. The first-order valence-electron chi connectivity index (χ1n) is 11.8. The third kappa shape index (κ3) is 4.32. The number of nitrogens with zero attached hydrogens (tertiary/aromatic N) is 5. The summed E-state index contributed by atoms with van der Waals surface area (Å²) in [5.74, 6) is -0.605. The second kappa shape index (κ2) is 9.49. The van der Waals surface area contributed by atoms with Crippen molar-refractivity contribution in [1.82, 2.24) is 19.7 Å². The van der Waals surface area contributed by atoms with Gasteiger partial charge in [0.25, 0.3) is 0 Å². The van der Waals surface area contributed by atoms with Crippen molar-refractivity contribution in [3.63, 3.8) is 0 Å². The third-order valence-electron chi connectivity index (χ3n) is 6.89. The number of anilines is 1. The summed E-state index contributed by atoms with van der Waals surface area (Å²) in [5, 5.41) is 15.9. The van der Waals surface area contributed by atoms with Crippen LogP contribution < -0.4 is 4.90 Å². The Morgan fingerprint density at radius 1 is 1.15 bits per heavy atom. The van der Waals surface area contributed by atoms with E-state index in [4.69, 9.17) is 9.84 Å². The van der Waals surface area contributed by atoms with E-state index >= 15 is 0 Å². The van der Waals surface area contributed by atoms with Crippen LogP contribution in [0.2, 0.25) is 0 Å². The fourth-order valence-electron chi connectivity index (χ4n) is 4.84. The molecule has 1 aromatic carbocycles. The SMILES string of the molecule is COCCCN1CCN(c2cc(C(=O)O)nc3c2c(C2CCC2)nn3-c2ccccc2)CC1. The van der Waals surface area contributed by atoms with Gasteiger partial charge in [-0.25, -0.2) is 14.5 Å². The van der Waals surface area contributed by atoms with Crippen molar-refractivity contribution in [2.24, 2.45) is 0 Å². The summed E-state index contributed by atoms with van der Waals surface area (Å²) in [4.78, 5) is 21.4. The van der Waals surface area contributed by atoms with Gasteiger partial charge in [0.1, 0.15) is 0 Å². The molecule has 1 saturated carbocycles. The third-order valence-corrected chi connectivity index (χ3v) is 6.89. The number of carbonyl (C=O) groups is 1. The van der Waals surface area contributed by atoms with Crippen LogP contribution in [0.1, 0.15) is 47.8 Å². The van der Waals surface area contributed by atoms with E-state index in [1.807, 2.05) is 35.0 Å². The number of ether oxygens (including phenoxy) is 1. The van der Waals surface area contributed by atoms with Crippen molar-refractivity contribution in [1.29, 1.82) is 0 Å². The second-order valence-electron chi connectivity index (χ2n) is 8.97. The Morgan fingerprint density at radius 2 is 1.91 bits per heavy atom. The monoisotopic (exact) mass is 449 g/mol. The molecule has 3 heterocycles. The zero-order valence-electron chi connectivity index (χ0n) is 19.1. The molecule has 0 amide bonds. The average molecular weight is 450 g/mol. The van der Waals surface area contributed by atoms with E-state index < -0.39 is 5.97 Å². The molecule has 2 fully saturated rings. The lowest BCUT2D eigenvalue weighted by Gasteiger charge is -2.36. The van der Waals surface area contributed by atoms with Crippen LogP contribution in [0.5, 0.6) is 0 Å². The number of fused-ring (bicyclic) bond motifs is 1. The number of rotatable bonds is 8. The van der Waals surface area contributed by atoms with Crippen molar-refractivity contribution in [3.8, 4) is 5.69 Å². The van der Waals surface area contributed by atoms with E-state index in [2.05, 4.69) is 14.8 Å². The lowest BCUT2D eigenvalue weighted by Crippen LogP contribution is -2.47. The molecule has 5 rings (SSSR count). The number of aromatic carboxylic acids is 1. The van der Waals surface area contributed by atoms with E-state index in [0.717, 1.165) is 81.0 Å². The van der Waals surface area contributed by atoms with Crippen LogP contribution >= 0.6 is 0 Å². The first-order valence-corrected chi connectivity index (χ1v) is 11.8. The zero-order valence-corrected chi connectivity index (χ0v) is 19.1. The van der Waals surface area contributed by atoms with E-state index in [1.54, 1.807) is 13.2 Å². The van der Waals surface area contributed by atoms with Gasteiger partial charge in [-0.3, -0.25) is 4.90 Å². The number of hydrogen-bond acceptors (Lipinski definition) is 6. The Balaban J connectivity index is 1.56. The van der Waals surface area contributed by atoms with Gasteiger partial charge < -0.3 is 14.7 Å². The zero-order chi connectivity index (χ0) is 22.8. The highest BCUT2D eigenvalue weighted by atomic mass is 16.5. The molecular formula is C25H31N5O3. The summed E-state index contributed by atoms with van der Waals surface area (Å²) in [6.07, 6.45) is 4.47. The molecule has 1 saturated heterocycles. The minimum Gasteiger partial charge on any atom is -0.477 e. The minimum atomic E-state index is -1.01. The molecule has 0 atom stereocenters. The van der Waals surface area contributed by atoms with Gasteiger partial charge in [-0.1, -0.05) is 24.6 Å². The number of carboxylic acid groups (broad SMARTS) is 1. The molecule has 174 valence electrons. The molecule has 2 aliphatic rings. The van der Waals surface area contributed by atoms with Crippen LogP contribution in [0.15, 0.2) is 36.4 Å². The number of hydrogen-bond donors (Lipinski definition) is 1. The molecule has 2 aromatic heterocycles. The maximum absolute atomic E-state index is 12.0. The summed E-state index contributed by atoms with van der Waals surface area (Å²) < 4.78 is 7.02. The van der Waals surface area contributed by atoms with Gasteiger partial charge in [-0.2, -0.15) is 5.10 Å². The second-order valence-corrected chi connectivity index (χ2v) is 8.97. The summed E-state index contributed by atoms with van der Waals surface area (Å²) in [6.45, 7) is 5.39. The molecule has 8 nitrogen and oxygen atoms in total. The van der Waals surface area contributed by atoms with Crippen LogP contribution in [-0.4, -0.2) is 77.2 Å². The van der Waals surface area contributed by atoms with E-state index in [1.165, 1.54) is 6.42 Å². The van der Waals surface area contributed by atoms with Crippen molar-refractivity contribution in [2.75, 3.05) is 51.3 Å². The molecule has 8 heteroatoms. The fourth-order valence-corrected chi connectivity index (χ4v) is 4.84. The fraction of sp³-hybridized carbons (Fsp3) is 0.480. The summed E-state index contributed by atoms with van der Waals surface area (Å²) in [5.41, 5.74) is 3.62. The first-order chi connectivity index (χ1) is 16.2. The van der Waals surface area contributed by atoms with Crippen molar-refractivity contribution in [3.05, 3.63) is 47.8 Å². The highest BCUT2D eigenvalue weighted by Gasteiger charge is 2.31. The molecule has 1 aliphatic heterocycles. The average Bonchev–Trinajstić information content (AvgIpc) is 3.18. The number of pyridine rings is 1. The molecule has 1 aliphatic carbocycles. The summed E-state index contributed by atoms with van der Waals surface area (Å²) >= 11 is 0. The number of carboxylic acids is 1. The van der Waals surface area contributed by atoms with Crippen molar-refractivity contribution >= 4 is 22.7 Å². The Morgan fingerprint density at radius 3 is 2.55 bits per heavy atom. The molecule has 0 spiro atoms. The van der Waals surface area contributed by atoms with Gasteiger partial charge in [0.05, 0.1) is 22.5 Å². The molecule has 0 bridgehead atoms. The quantitative estimate of drug-likeness (QED) is 0.527. The Hall–Kier alpha value is -2.97. The molecule has 0 unspecified atom stereocenters. The topological polar surface area (TPSA) is 83.7 Å². The lowest BCUT2D eigenvalue weighted by atomic mass is 9.82. The van der Waals surface area contributed by atoms with Crippen molar-refractivity contribution < 1.29 is 14.6 Å². The number of methoxy groups -OCH3 is 1. The smallest absolute Gasteiger partial charge is 0.354 e. The molecule has 33 heavy (non-hydrogen) atoms. The van der Waals surface area contributed by atoms with Crippen LogP contribution in [-0.2, 0) is 4.74 Å². The summed E-state index contributed by atoms with van der Waals surface area (Å²) in [7, 11) is 1.74. The first kappa shape index (κ1) is 21.9. The highest BCUT2D eigenvalue weighted by molar-refractivity contribution is 5.98. The van der Waals surface area contributed by atoms with Gasteiger partial charge in [-0.15, -0.1) is 0 Å². The van der Waals surface area contributed by atoms with E-state index in [9.17, 15) is 9.90 Å². The Bertz CT molecular complexity index is 1120.